The molecule has 18 heavy (non-hydrogen) atoms. The summed E-state index contributed by atoms with van der Waals surface area (Å²) in [7, 11) is -3.76. The van der Waals surface area contributed by atoms with Gasteiger partial charge in [-0.15, -0.1) is 0 Å². The highest BCUT2D eigenvalue weighted by Gasteiger charge is 2.15. The lowest BCUT2D eigenvalue weighted by Gasteiger charge is -2.04. The molecule has 2 aromatic rings. The van der Waals surface area contributed by atoms with Crippen molar-refractivity contribution in [2.75, 3.05) is 0 Å². The lowest BCUT2D eigenvalue weighted by Crippen LogP contribution is -2.24. The van der Waals surface area contributed by atoms with Crippen molar-refractivity contribution in [1.82, 2.24) is 14.9 Å². The average molecular weight is 290 g/mol. The van der Waals surface area contributed by atoms with Gasteiger partial charge < -0.3 is 9.51 Å². The predicted octanol–water partition coefficient (Wildman–Crippen LogP) is 0.495. The van der Waals surface area contributed by atoms with Crippen molar-refractivity contribution >= 4 is 21.6 Å². The Kier molecular flexibility index (Phi) is 3.50. The van der Waals surface area contributed by atoms with Gasteiger partial charge in [-0.3, -0.25) is 4.79 Å². The Balaban J connectivity index is 2.20. The Bertz CT molecular complexity index is 693. The van der Waals surface area contributed by atoms with Gasteiger partial charge in [0.25, 0.3) is 5.56 Å². The van der Waals surface area contributed by atoms with Crippen LogP contribution in [0, 0.1) is 0 Å². The standard InChI is InChI=1S/C9H8ClN3O4S/c10-8-3-7(5-11-9(8)14)18(15,16)12-4-6-1-2-17-13-6/h1-3,5,12H,4H2,(H,11,14). The average Bonchev–Trinajstić information content (AvgIpc) is 2.83. The molecule has 0 aromatic carbocycles. The van der Waals surface area contributed by atoms with Crippen molar-refractivity contribution < 1.29 is 12.9 Å². The van der Waals surface area contributed by atoms with Crippen LogP contribution in [0.5, 0.6) is 0 Å². The van der Waals surface area contributed by atoms with Gasteiger partial charge >= 0.3 is 0 Å². The van der Waals surface area contributed by atoms with E-state index in [-0.39, 0.29) is 16.5 Å². The second-order valence-electron chi connectivity index (χ2n) is 3.33. The van der Waals surface area contributed by atoms with Crippen molar-refractivity contribution in [2.24, 2.45) is 0 Å². The maximum absolute atomic E-state index is 11.8. The number of H-pyrrole nitrogens is 1. The molecule has 2 aromatic heterocycles. The molecular formula is C9H8ClN3O4S. The Labute approximate surface area is 107 Å². The van der Waals surface area contributed by atoms with E-state index < -0.39 is 15.6 Å². The van der Waals surface area contributed by atoms with Gasteiger partial charge in [-0.1, -0.05) is 16.8 Å². The second kappa shape index (κ2) is 4.92. The third-order valence-corrected chi connectivity index (χ3v) is 3.74. The number of aromatic nitrogens is 2. The number of aromatic amines is 1. The molecule has 0 saturated carbocycles. The van der Waals surface area contributed by atoms with Gasteiger partial charge in [0.2, 0.25) is 10.0 Å². The van der Waals surface area contributed by atoms with Crippen molar-refractivity contribution in [2.45, 2.75) is 11.4 Å². The molecule has 9 heteroatoms. The lowest BCUT2D eigenvalue weighted by molar-refractivity contribution is 0.411. The highest BCUT2D eigenvalue weighted by Crippen LogP contribution is 2.10. The largest absolute Gasteiger partial charge is 0.364 e. The molecule has 7 nitrogen and oxygen atoms in total. The highest BCUT2D eigenvalue weighted by atomic mass is 35.5. The molecule has 0 aliphatic carbocycles. The summed E-state index contributed by atoms with van der Waals surface area (Å²) in [5, 5.41) is 3.36. The summed E-state index contributed by atoms with van der Waals surface area (Å²) < 4.78 is 30.5. The first-order chi connectivity index (χ1) is 8.49. The molecule has 2 rings (SSSR count). The minimum absolute atomic E-state index is 0.0183. The number of hydrogen-bond donors (Lipinski definition) is 2. The van der Waals surface area contributed by atoms with Crippen LogP contribution >= 0.6 is 11.6 Å². The van der Waals surface area contributed by atoms with Crippen LogP contribution in [0.25, 0.3) is 0 Å². The van der Waals surface area contributed by atoms with Crippen LogP contribution in [0.1, 0.15) is 5.69 Å². The fourth-order valence-corrected chi connectivity index (χ4v) is 2.40. The molecule has 0 bridgehead atoms. The summed E-state index contributed by atoms with van der Waals surface area (Å²) in [6, 6.07) is 2.61. The maximum Gasteiger partial charge on any atom is 0.266 e. The van der Waals surface area contributed by atoms with Crippen molar-refractivity contribution in [1.29, 1.82) is 0 Å². The Morgan fingerprint density at radius 1 is 1.50 bits per heavy atom. The topological polar surface area (TPSA) is 105 Å². The number of hydrogen-bond acceptors (Lipinski definition) is 5. The molecule has 0 spiro atoms. The number of rotatable bonds is 4. The fourth-order valence-electron chi connectivity index (χ4n) is 1.17. The summed E-state index contributed by atoms with van der Waals surface area (Å²) in [4.78, 5) is 13.1. The molecule has 0 aliphatic heterocycles. The smallest absolute Gasteiger partial charge is 0.266 e. The second-order valence-corrected chi connectivity index (χ2v) is 5.50. The van der Waals surface area contributed by atoms with Crippen LogP contribution in [0.3, 0.4) is 0 Å². The van der Waals surface area contributed by atoms with Gasteiger partial charge in [0.15, 0.2) is 0 Å². The van der Waals surface area contributed by atoms with E-state index >= 15 is 0 Å². The quantitative estimate of drug-likeness (QED) is 0.852. The van der Waals surface area contributed by atoms with Crippen molar-refractivity contribution in [3.05, 3.63) is 45.7 Å². The number of nitrogens with zero attached hydrogens (tertiary/aromatic N) is 1. The van der Waals surface area contributed by atoms with E-state index in [1.165, 1.54) is 12.3 Å². The van der Waals surface area contributed by atoms with E-state index in [1.54, 1.807) is 0 Å². The number of sulfonamides is 1. The van der Waals surface area contributed by atoms with Crippen LogP contribution in [-0.2, 0) is 16.6 Å². The van der Waals surface area contributed by atoms with Gasteiger partial charge in [0, 0.05) is 12.3 Å². The monoisotopic (exact) mass is 289 g/mol. The fraction of sp³-hybridized carbons (Fsp3) is 0.111. The Morgan fingerprint density at radius 2 is 2.28 bits per heavy atom. The van der Waals surface area contributed by atoms with Gasteiger partial charge in [-0.2, -0.15) is 0 Å². The van der Waals surface area contributed by atoms with E-state index in [2.05, 4.69) is 19.4 Å². The first kappa shape index (κ1) is 12.8. The summed E-state index contributed by atoms with van der Waals surface area (Å²) in [5.74, 6) is 0. The molecule has 0 aliphatic rings. The lowest BCUT2D eigenvalue weighted by atomic mass is 10.5. The van der Waals surface area contributed by atoms with Crippen LogP contribution in [0.15, 0.2) is 38.8 Å². The summed E-state index contributed by atoms with van der Waals surface area (Å²) in [5.41, 5.74) is -0.110. The highest BCUT2D eigenvalue weighted by molar-refractivity contribution is 7.89. The first-order valence-corrected chi connectivity index (χ1v) is 6.62. The molecule has 0 unspecified atom stereocenters. The summed E-state index contributed by atoms with van der Waals surface area (Å²) in [6.07, 6.45) is 2.40. The molecule has 0 atom stereocenters. The van der Waals surface area contributed by atoms with E-state index in [4.69, 9.17) is 11.6 Å². The van der Waals surface area contributed by atoms with Crippen molar-refractivity contribution in [3.63, 3.8) is 0 Å². The molecule has 0 amide bonds. The third-order valence-electron chi connectivity index (χ3n) is 2.08. The number of halogens is 1. The van der Waals surface area contributed by atoms with E-state index in [1.807, 2.05) is 0 Å². The Morgan fingerprint density at radius 3 is 2.89 bits per heavy atom. The molecular weight excluding hydrogens is 282 g/mol. The number of pyridine rings is 1. The summed E-state index contributed by atoms with van der Waals surface area (Å²) in [6.45, 7) is -0.0183. The van der Waals surface area contributed by atoms with E-state index in [9.17, 15) is 13.2 Å². The van der Waals surface area contributed by atoms with Gasteiger partial charge in [0.05, 0.1) is 17.1 Å². The van der Waals surface area contributed by atoms with Crippen LogP contribution in [0.2, 0.25) is 5.02 Å². The molecule has 2 N–H and O–H groups in total. The molecule has 0 saturated heterocycles. The molecule has 96 valence electrons. The first-order valence-electron chi connectivity index (χ1n) is 4.76. The van der Waals surface area contributed by atoms with Crippen LogP contribution < -0.4 is 10.3 Å². The van der Waals surface area contributed by atoms with E-state index in [0.717, 1.165) is 12.3 Å². The maximum atomic E-state index is 11.8. The third kappa shape index (κ3) is 2.78. The molecule has 2 heterocycles. The minimum Gasteiger partial charge on any atom is -0.364 e. The van der Waals surface area contributed by atoms with Crippen molar-refractivity contribution in [3.8, 4) is 0 Å². The van der Waals surface area contributed by atoms with Crippen LogP contribution in [-0.4, -0.2) is 18.6 Å². The normalized spacial score (nSPS) is 11.6. The number of nitrogens with one attached hydrogen (secondary N) is 2. The zero-order valence-electron chi connectivity index (χ0n) is 8.88. The zero-order chi connectivity index (χ0) is 13.2. The molecule has 0 radical (unpaired) electrons. The SMILES string of the molecule is O=c1[nH]cc(S(=O)(=O)NCc2ccon2)cc1Cl. The van der Waals surface area contributed by atoms with Crippen LogP contribution in [0.4, 0.5) is 0 Å². The van der Waals surface area contributed by atoms with Gasteiger partial charge in [-0.25, -0.2) is 13.1 Å². The van der Waals surface area contributed by atoms with E-state index in [0.29, 0.717) is 5.69 Å². The summed E-state index contributed by atoms with van der Waals surface area (Å²) >= 11 is 5.56. The zero-order valence-corrected chi connectivity index (χ0v) is 10.5. The predicted molar refractivity (Wildman–Crippen MR) is 62.6 cm³/mol. The minimum atomic E-state index is -3.76. The Hall–Kier alpha value is -1.64. The van der Waals surface area contributed by atoms with Gasteiger partial charge in [0.1, 0.15) is 11.3 Å². The van der Waals surface area contributed by atoms with Gasteiger partial charge in [-0.05, 0) is 6.07 Å². The molecule has 0 fully saturated rings.